The van der Waals surface area contributed by atoms with Crippen LogP contribution in [0.2, 0.25) is 0 Å². The van der Waals surface area contributed by atoms with E-state index in [4.69, 9.17) is 0 Å². The van der Waals surface area contributed by atoms with Crippen molar-refractivity contribution in [3.05, 3.63) is 51.8 Å². The van der Waals surface area contributed by atoms with Crippen LogP contribution in [0.5, 0.6) is 0 Å². The van der Waals surface area contributed by atoms with Crippen molar-refractivity contribution in [3.8, 4) is 0 Å². The second-order valence-electron chi connectivity index (χ2n) is 5.72. The summed E-state index contributed by atoms with van der Waals surface area (Å²) in [7, 11) is 0.140. The molecule has 136 valence electrons. The van der Waals surface area contributed by atoms with Gasteiger partial charge in [-0.05, 0) is 31.8 Å². The number of hydrogen-bond donors (Lipinski definition) is 1. The number of anilines is 1. The lowest BCUT2D eigenvalue weighted by Gasteiger charge is -2.25. The number of thiophene rings is 1. The van der Waals surface area contributed by atoms with E-state index in [9.17, 15) is 22.9 Å². The van der Waals surface area contributed by atoms with E-state index in [-0.39, 0.29) is 26.8 Å². The van der Waals surface area contributed by atoms with Crippen molar-refractivity contribution in [1.82, 2.24) is 4.90 Å². The molecule has 0 radical (unpaired) electrons. The number of sulfone groups is 1. The molecule has 1 aromatic carbocycles. The Morgan fingerprint density at radius 3 is 2.40 bits per heavy atom. The molecule has 0 aliphatic rings. The molecule has 2 aromatic rings. The van der Waals surface area contributed by atoms with Gasteiger partial charge in [0.2, 0.25) is 0 Å². The third-order valence-electron chi connectivity index (χ3n) is 3.59. The highest BCUT2D eigenvalue weighted by Gasteiger charge is 2.24. The second-order valence-corrected chi connectivity index (χ2v) is 9.02. The smallest absolute Gasteiger partial charge is 0.304 e. The van der Waals surface area contributed by atoms with Gasteiger partial charge in [0.05, 0.1) is 11.0 Å². The molecular formula is C15H18FN3O4S2. The third kappa shape index (κ3) is 4.74. The Labute approximate surface area is 149 Å². The molecule has 1 atom stereocenters. The molecule has 2 rings (SSSR count). The lowest BCUT2D eigenvalue weighted by molar-refractivity contribution is -0.383. The monoisotopic (exact) mass is 387 g/mol. The van der Waals surface area contributed by atoms with Crippen LogP contribution in [-0.2, 0) is 9.84 Å². The quantitative estimate of drug-likeness (QED) is 0.580. The number of nitrogens with zero attached hydrogens (tertiary/aromatic N) is 2. The first-order valence-electron chi connectivity index (χ1n) is 7.23. The minimum atomic E-state index is -3.53. The number of rotatable bonds is 7. The van der Waals surface area contributed by atoms with E-state index in [1.54, 1.807) is 12.1 Å². The molecule has 0 aliphatic carbocycles. The molecule has 1 heterocycles. The van der Waals surface area contributed by atoms with Gasteiger partial charge in [-0.3, -0.25) is 10.1 Å². The van der Waals surface area contributed by atoms with Crippen LogP contribution in [0.4, 0.5) is 15.1 Å². The molecule has 1 unspecified atom stereocenters. The van der Waals surface area contributed by atoms with E-state index in [2.05, 4.69) is 5.32 Å². The Balaban J connectivity index is 2.27. The minimum absolute atomic E-state index is 0.0649. The fraction of sp³-hybridized carbons (Fsp3) is 0.333. The van der Waals surface area contributed by atoms with Gasteiger partial charge in [-0.25, -0.2) is 12.8 Å². The third-order valence-corrected chi connectivity index (χ3v) is 6.47. The van der Waals surface area contributed by atoms with E-state index in [1.807, 2.05) is 19.0 Å². The van der Waals surface area contributed by atoms with Gasteiger partial charge in [0.1, 0.15) is 10.0 Å². The van der Waals surface area contributed by atoms with Crippen LogP contribution in [0, 0.1) is 15.9 Å². The van der Waals surface area contributed by atoms with Gasteiger partial charge in [0.15, 0.2) is 14.8 Å². The summed E-state index contributed by atoms with van der Waals surface area (Å²) in [4.78, 5) is 12.4. The maximum Gasteiger partial charge on any atom is 0.304 e. The molecule has 7 nitrogen and oxygen atoms in total. The van der Waals surface area contributed by atoms with E-state index >= 15 is 0 Å². The first kappa shape index (κ1) is 19.3. The van der Waals surface area contributed by atoms with Crippen molar-refractivity contribution in [2.75, 3.05) is 32.2 Å². The van der Waals surface area contributed by atoms with Crippen LogP contribution in [-0.4, -0.2) is 45.1 Å². The Kier molecular flexibility index (Phi) is 5.76. The number of hydrogen-bond acceptors (Lipinski definition) is 7. The second kappa shape index (κ2) is 7.46. The minimum Gasteiger partial charge on any atom is -0.369 e. The van der Waals surface area contributed by atoms with E-state index in [0.717, 1.165) is 29.2 Å². The van der Waals surface area contributed by atoms with Crippen molar-refractivity contribution in [2.24, 2.45) is 0 Å². The Hall–Kier alpha value is -2.04. The molecule has 0 amide bonds. The Bertz CT molecular complexity index is 863. The van der Waals surface area contributed by atoms with Crippen LogP contribution in [0.3, 0.4) is 0 Å². The molecule has 0 aliphatic heterocycles. The first-order chi connectivity index (χ1) is 11.6. The van der Waals surface area contributed by atoms with Crippen molar-refractivity contribution < 1.29 is 17.7 Å². The highest BCUT2D eigenvalue weighted by atomic mass is 32.2. The molecule has 0 fully saturated rings. The summed E-state index contributed by atoms with van der Waals surface area (Å²) in [5, 5.41) is 14.3. The van der Waals surface area contributed by atoms with E-state index < -0.39 is 14.8 Å². The van der Waals surface area contributed by atoms with E-state index in [1.165, 1.54) is 12.1 Å². The summed E-state index contributed by atoms with van der Waals surface area (Å²) in [5.41, 5.74) is 0.559. The fourth-order valence-corrected chi connectivity index (χ4v) is 4.22. The molecule has 0 spiro atoms. The van der Waals surface area contributed by atoms with Crippen LogP contribution < -0.4 is 5.32 Å². The predicted molar refractivity (Wildman–Crippen MR) is 95.4 cm³/mol. The van der Waals surface area contributed by atoms with Crippen LogP contribution >= 0.6 is 11.3 Å². The van der Waals surface area contributed by atoms with Gasteiger partial charge < -0.3 is 10.2 Å². The van der Waals surface area contributed by atoms with Crippen molar-refractivity contribution >= 4 is 31.9 Å². The normalized spacial score (nSPS) is 13.0. The number of likely N-dealkylation sites (N-methyl/N-ethyl adjacent to an activating group) is 1. The number of nitro groups is 1. The fourth-order valence-electron chi connectivity index (χ4n) is 2.28. The maximum atomic E-state index is 13.1. The Morgan fingerprint density at radius 2 is 1.92 bits per heavy atom. The summed E-state index contributed by atoms with van der Waals surface area (Å²) in [5.74, 6) is -0.346. The molecule has 0 saturated carbocycles. The molecule has 0 saturated heterocycles. The van der Waals surface area contributed by atoms with Gasteiger partial charge in [-0.15, -0.1) is 0 Å². The number of benzene rings is 1. The lowest BCUT2D eigenvalue weighted by Crippen LogP contribution is -2.26. The van der Waals surface area contributed by atoms with Gasteiger partial charge in [-0.1, -0.05) is 23.5 Å². The average molecular weight is 387 g/mol. The molecule has 1 N–H and O–H groups in total. The maximum absolute atomic E-state index is 13.1. The van der Waals surface area contributed by atoms with Gasteiger partial charge in [-0.2, -0.15) is 0 Å². The summed E-state index contributed by atoms with van der Waals surface area (Å²) < 4.78 is 36.3. The van der Waals surface area contributed by atoms with Gasteiger partial charge in [0, 0.05) is 18.9 Å². The lowest BCUT2D eigenvalue weighted by atomic mass is 10.1. The van der Waals surface area contributed by atoms with Crippen molar-refractivity contribution in [1.29, 1.82) is 0 Å². The number of halogens is 1. The summed E-state index contributed by atoms with van der Waals surface area (Å²) >= 11 is 0.827. The predicted octanol–water partition coefficient (Wildman–Crippen LogP) is 2.91. The molecule has 25 heavy (non-hydrogen) atoms. The van der Waals surface area contributed by atoms with Crippen LogP contribution in [0.15, 0.2) is 34.5 Å². The molecule has 0 bridgehead atoms. The number of nitrogens with one attached hydrogen (secondary N) is 1. The van der Waals surface area contributed by atoms with Gasteiger partial charge in [0.25, 0.3) is 0 Å². The zero-order valence-corrected chi connectivity index (χ0v) is 15.5. The summed E-state index contributed by atoms with van der Waals surface area (Å²) in [6.07, 6.45) is 1.01. The Morgan fingerprint density at radius 1 is 1.32 bits per heavy atom. The first-order valence-corrected chi connectivity index (χ1v) is 9.94. The highest BCUT2D eigenvalue weighted by molar-refractivity contribution is 7.92. The molecule has 10 heteroatoms. The zero-order valence-electron chi connectivity index (χ0n) is 13.9. The standard InChI is InChI=1S/C15H18FN3O4S2/c1-18(2)13(10-4-6-11(16)7-5-10)9-17-15-12(19(20)21)8-14(24-15)25(3,22)23/h4-8,13,17H,9H2,1-3H3. The highest BCUT2D eigenvalue weighted by Crippen LogP contribution is 2.37. The van der Waals surface area contributed by atoms with Crippen molar-refractivity contribution in [3.63, 3.8) is 0 Å². The van der Waals surface area contributed by atoms with E-state index in [0.29, 0.717) is 6.54 Å². The topological polar surface area (TPSA) is 92.6 Å². The van der Waals surface area contributed by atoms with Crippen LogP contribution in [0.25, 0.3) is 0 Å². The molecular weight excluding hydrogens is 369 g/mol. The summed E-state index contributed by atoms with van der Waals surface area (Å²) in [6, 6.07) is 6.87. The zero-order chi connectivity index (χ0) is 18.8. The SMILES string of the molecule is CN(C)C(CNc1sc(S(C)(=O)=O)cc1[N+](=O)[O-])c1ccc(F)cc1. The summed E-state index contributed by atoms with van der Waals surface area (Å²) in [6.45, 7) is 0.295. The largest absolute Gasteiger partial charge is 0.369 e. The average Bonchev–Trinajstić information content (AvgIpc) is 2.93. The molecule has 1 aromatic heterocycles. The van der Waals surface area contributed by atoms with Crippen molar-refractivity contribution in [2.45, 2.75) is 10.3 Å². The van der Waals surface area contributed by atoms with Crippen LogP contribution in [0.1, 0.15) is 11.6 Å². The van der Waals surface area contributed by atoms with Gasteiger partial charge >= 0.3 is 5.69 Å².